The number of para-hydroxylation sites is 1. The molecule has 2 N–H and O–H groups in total. The van der Waals surface area contributed by atoms with Crippen LogP contribution in [-0.4, -0.2) is 33.3 Å². The molecule has 9 heteroatoms. The van der Waals surface area contributed by atoms with Crippen LogP contribution in [0.25, 0.3) is 0 Å². The number of halogens is 3. The van der Waals surface area contributed by atoms with Gasteiger partial charge in [-0.2, -0.15) is 8.78 Å². The number of aliphatic imine (C=N–C) groups is 1. The molecule has 0 radical (unpaired) electrons. The van der Waals surface area contributed by atoms with Gasteiger partial charge in [0.2, 0.25) is 0 Å². The molecule has 0 bridgehead atoms. The minimum Gasteiger partial charge on any atom is -0.490 e. The van der Waals surface area contributed by atoms with Gasteiger partial charge in [0, 0.05) is 32.8 Å². The van der Waals surface area contributed by atoms with Crippen molar-refractivity contribution in [3.63, 3.8) is 0 Å². The summed E-state index contributed by atoms with van der Waals surface area (Å²) in [5.41, 5.74) is 2.69. The normalized spacial score (nSPS) is 11.1. The molecule has 0 fully saturated rings. The van der Waals surface area contributed by atoms with Crippen LogP contribution in [-0.2, 0) is 24.4 Å². The molecule has 30 heavy (non-hydrogen) atoms. The van der Waals surface area contributed by atoms with Gasteiger partial charge in [0.05, 0.1) is 13.2 Å². The van der Waals surface area contributed by atoms with Crippen LogP contribution in [0.15, 0.2) is 47.5 Å². The largest absolute Gasteiger partial charge is 0.490 e. The van der Waals surface area contributed by atoms with E-state index in [1.807, 2.05) is 24.3 Å². The molecule has 0 aliphatic carbocycles. The molecule has 0 spiro atoms. The summed E-state index contributed by atoms with van der Waals surface area (Å²) < 4.78 is 40.9. The summed E-state index contributed by atoms with van der Waals surface area (Å²) in [5, 5.41) is 6.32. The highest BCUT2D eigenvalue weighted by atomic mass is 127. The van der Waals surface area contributed by atoms with Crippen LogP contribution in [0.1, 0.15) is 23.6 Å². The van der Waals surface area contributed by atoms with Crippen LogP contribution in [0.2, 0.25) is 0 Å². The third-order valence-corrected chi connectivity index (χ3v) is 4.00. The first kappa shape index (κ1) is 25.9. The van der Waals surface area contributed by atoms with E-state index in [-0.39, 0.29) is 42.0 Å². The third-order valence-electron chi connectivity index (χ3n) is 4.00. The minimum absolute atomic E-state index is 0. The molecule has 6 nitrogen and oxygen atoms in total. The fourth-order valence-corrected chi connectivity index (χ4v) is 2.77. The standard InChI is InChI=1S/C21H27F2N3O3.HI/c1-4-28-18-10-6-9-17(19(18)29-20(22)23)13-26-21(24-2)25-12-15-7-5-8-16(11-15)14-27-3;/h5-11,20H,4,12-14H2,1-3H3,(H2,24,25,26);1H. The molecule has 0 aromatic heterocycles. The van der Waals surface area contributed by atoms with Crippen LogP contribution in [0.5, 0.6) is 11.5 Å². The average molecular weight is 535 g/mol. The van der Waals surface area contributed by atoms with Crippen molar-refractivity contribution in [2.45, 2.75) is 33.2 Å². The Morgan fingerprint density at radius 2 is 1.77 bits per heavy atom. The number of rotatable bonds is 10. The first-order valence-electron chi connectivity index (χ1n) is 9.28. The molecule has 0 amide bonds. The monoisotopic (exact) mass is 535 g/mol. The third kappa shape index (κ3) is 8.31. The van der Waals surface area contributed by atoms with Gasteiger partial charge >= 0.3 is 6.61 Å². The average Bonchev–Trinajstić information content (AvgIpc) is 2.70. The number of benzene rings is 2. The highest BCUT2D eigenvalue weighted by Crippen LogP contribution is 2.32. The van der Waals surface area contributed by atoms with Gasteiger partial charge in [-0.3, -0.25) is 4.99 Å². The maximum Gasteiger partial charge on any atom is 0.387 e. The molecule has 0 heterocycles. The summed E-state index contributed by atoms with van der Waals surface area (Å²) in [4.78, 5) is 4.18. The predicted octanol–water partition coefficient (Wildman–Crippen LogP) is 4.32. The van der Waals surface area contributed by atoms with Gasteiger partial charge in [0.1, 0.15) is 0 Å². The van der Waals surface area contributed by atoms with E-state index in [1.165, 1.54) is 0 Å². The van der Waals surface area contributed by atoms with Crippen LogP contribution in [0.3, 0.4) is 0 Å². The Labute approximate surface area is 193 Å². The molecule has 0 aliphatic rings. The molecule has 0 aliphatic heterocycles. The van der Waals surface area contributed by atoms with Crippen LogP contribution in [0.4, 0.5) is 8.78 Å². The van der Waals surface area contributed by atoms with Crippen molar-refractivity contribution in [2.75, 3.05) is 20.8 Å². The predicted molar refractivity (Wildman–Crippen MR) is 124 cm³/mol. The summed E-state index contributed by atoms with van der Waals surface area (Å²) in [6.07, 6.45) is 0. The fraction of sp³-hybridized carbons (Fsp3) is 0.381. The molecule has 166 valence electrons. The Kier molecular flexibility index (Phi) is 12.1. The van der Waals surface area contributed by atoms with Crippen LogP contribution >= 0.6 is 24.0 Å². The van der Waals surface area contributed by atoms with E-state index in [0.29, 0.717) is 31.3 Å². The van der Waals surface area contributed by atoms with Crippen molar-refractivity contribution in [1.82, 2.24) is 10.6 Å². The molecular formula is C21H28F2IN3O3. The van der Waals surface area contributed by atoms with Gasteiger partial charge in [-0.1, -0.05) is 36.4 Å². The van der Waals surface area contributed by atoms with Crippen molar-refractivity contribution in [3.8, 4) is 11.5 Å². The van der Waals surface area contributed by atoms with Gasteiger partial charge in [-0.25, -0.2) is 0 Å². The second-order valence-corrected chi connectivity index (χ2v) is 6.09. The van der Waals surface area contributed by atoms with E-state index in [0.717, 1.165) is 11.1 Å². The number of alkyl halides is 2. The molecule has 2 aromatic carbocycles. The van der Waals surface area contributed by atoms with Gasteiger partial charge in [0.25, 0.3) is 0 Å². The number of nitrogens with one attached hydrogen (secondary N) is 2. The van der Waals surface area contributed by atoms with Gasteiger partial charge in [0.15, 0.2) is 17.5 Å². The molecule has 0 saturated carbocycles. The lowest BCUT2D eigenvalue weighted by atomic mass is 10.1. The SMILES string of the molecule is CCOc1cccc(CNC(=NC)NCc2cccc(COC)c2)c1OC(F)F.I. The number of ether oxygens (including phenoxy) is 3. The summed E-state index contributed by atoms with van der Waals surface area (Å²) in [6.45, 7) is 0.534. The zero-order chi connectivity index (χ0) is 21.1. The Bertz CT molecular complexity index is 807. The minimum atomic E-state index is -2.94. The Balaban J connectivity index is 0.00000450. The molecule has 0 atom stereocenters. The van der Waals surface area contributed by atoms with Crippen molar-refractivity contribution in [1.29, 1.82) is 0 Å². The quantitative estimate of drug-likeness (QED) is 0.270. The zero-order valence-corrected chi connectivity index (χ0v) is 19.6. The van der Waals surface area contributed by atoms with Crippen LogP contribution < -0.4 is 20.1 Å². The Hall–Kier alpha value is -2.14. The summed E-state index contributed by atoms with van der Waals surface area (Å²) >= 11 is 0. The Morgan fingerprint density at radius 1 is 1.07 bits per heavy atom. The van der Waals surface area contributed by atoms with Gasteiger partial charge in [-0.05, 0) is 24.1 Å². The molecular weight excluding hydrogens is 507 g/mol. The fourth-order valence-electron chi connectivity index (χ4n) is 2.77. The number of guanidine groups is 1. The van der Waals surface area contributed by atoms with E-state index >= 15 is 0 Å². The van der Waals surface area contributed by atoms with E-state index in [1.54, 1.807) is 39.3 Å². The number of hydrogen-bond acceptors (Lipinski definition) is 4. The first-order valence-corrected chi connectivity index (χ1v) is 9.28. The lowest BCUT2D eigenvalue weighted by Crippen LogP contribution is -2.36. The number of nitrogens with zero attached hydrogens (tertiary/aromatic N) is 1. The lowest BCUT2D eigenvalue weighted by Gasteiger charge is -2.17. The van der Waals surface area contributed by atoms with Gasteiger partial charge in [-0.15, -0.1) is 24.0 Å². The highest BCUT2D eigenvalue weighted by molar-refractivity contribution is 14.0. The molecule has 0 saturated heterocycles. The van der Waals surface area contributed by atoms with Crippen LogP contribution in [0, 0.1) is 0 Å². The molecule has 2 rings (SSSR count). The summed E-state index contributed by atoms with van der Waals surface area (Å²) in [5.74, 6) is 0.844. The number of methoxy groups -OCH3 is 1. The van der Waals surface area contributed by atoms with Crippen molar-refractivity contribution < 1.29 is 23.0 Å². The first-order chi connectivity index (χ1) is 14.1. The van der Waals surface area contributed by atoms with Crippen molar-refractivity contribution in [3.05, 3.63) is 59.2 Å². The van der Waals surface area contributed by atoms with E-state index in [4.69, 9.17) is 9.47 Å². The topological polar surface area (TPSA) is 64.1 Å². The van der Waals surface area contributed by atoms with E-state index < -0.39 is 6.61 Å². The maximum absolute atomic E-state index is 12.8. The maximum atomic E-state index is 12.8. The lowest BCUT2D eigenvalue weighted by molar-refractivity contribution is -0.0520. The smallest absolute Gasteiger partial charge is 0.387 e. The molecule has 2 aromatic rings. The second-order valence-electron chi connectivity index (χ2n) is 6.09. The highest BCUT2D eigenvalue weighted by Gasteiger charge is 2.16. The molecule has 0 unspecified atom stereocenters. The van der Waals surface area contributed by atoms with Gasteiger partial charge < -0.3 is 24.8 Å². The Morgan fingerprint density at radius 3 is 2.43 bits per heavy atom. The summed E-state index contributed by atoms with van der Waals surface area (Å²) in [6, 6.07) is 13.0. The summed E-state index contributed by atoms with van der Waals surface area (Å²) in [7, 11) is 3.30. The number of hydrogen-bond donors (Lipinski definition) is 2. The van der Waals surface area contributed by atoms with E-state index in [2.05, 4.69) is 20.4 Å². The second kappa shape index (κ2) is 14.0. The zero-order valence-electron chi connectivity index (χ0n) is 17.3. The van der Waals surface area contributed by atoms with Crippen molar-refractivity contribution in [2.24, 2.45) is 4.99 Å². The van der Waals surface area contributed by atoms with Crippen molar-refractivity contribution >= 4 is 29.9 Å². The van der Waals surface area contributed by atoms with E-state index in [9.17, 15) is 8.78 Å².